The van der Waals surface area contributed by atoms with Crippen LogP contribution in [0.4, 0.5) is 0 Å². The largest absolute Gasteiger partial charge is 0.490 e. The van der Waals surface area contributed by atoms with Crippen molar-refractivity contribution < 1.29 is 29.2 Å². The first-order valence-electron chi connectivity index (χ1n) is 11.5. The quantitative estimate of drug-likeness (QED) is 0.490. The SMILES string of the molecule is CCOc1cc(CN2C[C@H](O)C[C@@H](NC(C)=O)[C@H](O)C2)ccc1OCCN1CCOCC1. The molecule has 3 atom stereocenters. The lowest BCUT2D eigenvalue weighted by molar-refractivity contribution is -0.120. The minimum absolute atomic E-state index is 0.208. The Labute approximate surface area is 190 Å². The van der Waals surface area contributed by atoms with Gasteiger partial charge in [-0.2, -0.15) is 0 Å². The van der Waals surface area contributed by atoms with Gasteiger partial charge in [-0.15, -0.1) is 0 Å². The summed E-state index contributed by atoms with van der Waals surface area (Å²) >= 11 is 0. The number of likely N-dealkylation sites (tertiary alicyclic amines) is 1. The number of rotatable bonds is 9. The number of morpholine rings is 1. The van der Waals surface area contributed by atoms with Crippen LogP contribution in [0.2, 0.25) is 0 Å². The van der Waals surface area contributed by atoms with E-state index in [-0.39, 0.29) is 5.91 Å². The van der Waals surface area contributed by atoms with Gasteiger partial charge in [0.2, 0.25) is 5.91 Å². The Morgan fingerprint density at radius 3 is 2.66 bits per heavy atom. The molecule has 1 aromatic rings. The highest BCUT2D eigenvalue weighted by Gasteiger charge is 2.30. The van der Waals surface area contributed by atoms with Gasteiger partial charge in [0.1, 0.15) is 6.61 Å². The molecular formula is C23H37N3O6. The highest BCUT2D eigenvalue weighted by molar-refractivity contribution is 5.73. The molecule has 0 spiro atoms. The van der Waals surface area contributed by atoms with Crippen LogP contribution in [-0.4, -0.2) is 103 Å². The molecule has 3 N–H and O–H groups in total. The smallest absolute Gasteiger partial charge is 0.217 e. The number of carbonyl (C=O) groups is 1. The molecule has 1 amide bonds. The van der Waals surface area contributed by atoms with Crippen molar-refractivity contribution in [1.29, 1.82) is 0 Å². The first-order valence-corrected chi connectivity index (χ1v) is 11.5. The highest BCUT2D eigenvalue weighted by Crippen LogP contribution is 2.29. The van der Waals surface area contributed by atoms with Gasteiger partial charge in [0.15, 0.2) is 11.5 Å². The highest BCUT2D eigenvalue weighted by atomic mass is 16.5. The van der Waals surface area contributed by atoms with E-state index in [1.165, 1.54) is 6.92 Å². The van der Waals surface area contributed by atoms with Gasteiger partial charge < -0.3 is 29.7 Å². The third-order valence-corrected chi connectivity index (χ3v) is 5.78. The zero-order valence-corrected chi connectivity index (χ0v) is 19.2. The van der Waals surface area contributed by atoms with Crippen molar-refractivity contribution in [3.8, 4) is 11.5 Å². The van der Waals surface area contributed by atoms with Crippen molar-refractivity contribution >= 4 is 5.91 Å². The van der Waals surface area contributed by atoms with Crippen molar-refractivity contribution in [1.82, 2.24) is 15.1 Å². The van der Waals surface area contributed by atoms with E-state index in [9.17, 15) is 15.0 Å². The van der Waals surface area contributed by atoms with E-state index in [4.69, 9.17) is 14.2 Å². The number of benzene rings is 1. The summed E-state index contributed by atoms with van der Waals surface area (Å²) in [6.07, 6.45) is -1.04. The maximum absolute atomic E-state index is 11.4. The van der Waals surface area contributed by atoms with E-state index in [2.05, 4.69) is 10.2 Å². The number of ether oxygens (including phenoxy) is 3. The van der Waals surface area contributed by atoms with E-state index < -0.39 is 18.2 Å². The summed E-state index contributed by atoms with van der Waals surface area (Å²) in [5, 5.41) is 23.6. The van der Waals surface area contributed by atoms with Crippen LogP contribution in [0, 0.1) is 0 Å². The zero-order chi connectivity index (χ0) is 22.9. The van der Waals surface area contributed by atoms with Crippen LogP contribution >= 0.6 is 0 Å². The minimum Gasteiger partial charge on any atom is -0.490 e. The molecule has 0 bridgehead atoms. The molecule has 0 saturated carbocycles. The molecule has 9 nitrogen and oxygen atoms in total. The lowest BCUT2D eigenvalue weighted by Crippen LogP contribution is -2.45. The Bertz CT molecular complexity index is 728. The monoisotopic (exact) mass is 451 g/mol. The van der Waals surface area contributed by atoms with Crippen LogP contribution in [0.15, 0.2) is 18.2 Å². The third kappa shape index (κ3) is 7.60. The molecule has 0 aromatic heterocycles. The van der Waals surface area contributed by atoms with E-state index >= 15 is 0 Å². The first-order chi connectivity index (χ1) is 15.4. The van der Waals surface area contributed by atoms with Gasteiger partial charge in [-0.25, -0.2) is 0 Å². The molecule has 3 rings (SSSR count). The van der Waals surface area contributed by atoms with Crippen LogP contribution in [0.1, 0.15) is 25.8 Å². The molecule has 32 heavy (non-hydrogen) atoms. The summed E-state index contributed by atoms with van der Waals surface area (Å²) in [5.41, 5.74) is 1.01. The molecule has 0 radical (unpaired) electrons. The molecule has 1 aromatic carbocycles. The third-order valence-electron chi connectivity index (χ3n) is 5.78. The number of amides is 1. The number of hydrogen-bond acceptors (Lipinski definition) is 8. The second-order valence-corrected chi connectivity index (χ2v) is 8.47. The van der Waals surface area contributed by atoms with Crippen molar-refractivity contribution in [2.75, 3.05) is 59.2 Å². The zero-order valence-electron chi connectivity index (χ0n) is 19.2. The van der Waals surface area contributed by atoms with Gasteiger partial charge in [0, 0.05) is 46.2 Å². The predicted molar refractivity (Wildman–Crippen MR) is 120 cm³/mol. The molecule has 2 fully saturated rings. The molecule has 2 aliphatic rings. The molecule has 9 heteroatoms. The fourth-order valence-corrected chi connectivity index (χ4v) is 4.24. The standard InChI is InChI=1S/C23H37N3O6/c1-3-31-23-12-18(4-5-22(23)32-11-8-25-6-9-30-10-7-25)14-26-15-19(28)13-20(21(29)16-26)24-17(2)27/h4-5,12,19-21,28-29H,3,6-11,13-16H2,1-2H3,(H,24,27)/t19-,20-,21-/m1/s1. The summed E-state index contributed by atoms with van der Waals surface area (Å²) in [5.74, 6) is 1.20. The van der Waals surface area contributed by atoms with Crippen LogP contribution in [-0.2, 0) is 16.1 Å². The number of aliphatic hydroxyl groups is 2. The van der Waals surface area contributed by atoms with Crippen molar-refractivity contribution in [3.05, 3.63) is 23.8 Å². The van der Waals surface area contributed by atoms with E-state index in [0.29, 0.717) is 50.8 Å². The van der Waals surface area contributed by atoms with Gasteiger partial charge in [-0.3, -0.25) is 14.6 Å². The predicted octanol–water partition coefficient (Wildman–Crippen LogP) is 0.229. The topological polar surface area (TPSA) is 104 Å². The van der Waals surface area contributed by atoms with Crippen molar-refractivity contribution in [2.24, 2.45) is 0 Å². The minimum atomic E-state index is -0.745. The van der Waals surface area contributed by atoms with Crippen molar-refractivity contribution in [3.63, 3.8) is 0 Å². The average molecular weight is 452 g/mol. The van der Waals surface area contributed by atoms with Gasteiger partial charge in [-0.05, 0) is 31.0 Å². The summed E-state index contributed by atoms with van der Waals surface area (Å²) in [7, 11) is 0. The maximum Gasteiger partial charge on any atom is 0.217 e. The summed E-state index contributed by atoms with van der Waals surface area (Å²) in [6, 6.07) is 5.42. The molecule has 180 valence electrons. The maximum atomic E-state index is 11.4. The summed E-state index contributed by atoms with van der Waals surface area (Å²) in [6.45, 7) is 10.0. The number of nitrogens with one attached hydrogen (secondary N) is 1. The van der Waals surface area contributed by atoms with Crippen LogP contribution < -0.4 is 14.8 Å². The van der Waals surface area contributed by atoms with E-state index in [1.54, 1.807) is 0 Å². The fourth-order valence-electron chi connectivity index (χ4n) is 4.24. The molecule has 2 aliphatic heterocycles. The van der Waals surface area contributed by atoms with Gasteiger partial charge in [0.05, 0.1) is 38.1 Å². The molecule has 0 unspecified atom stereocenters. The lowest BCUT2D eigenvalue weighted by atomic mass is 10.1. The number of nitrogens with zero attached hydrogens (tertiary/aromatic N) is 2. The van der Waals surface area contributed by atoms with Crippen molar-refractivity contribution in [2.45, 2.75) is 45.1 Å². The number of hydrogen-bond donors (Lipinski definition) is 3. The normalized spacial score (nSPS) is 25.2. The Hall–Kier alpha value is -1.91. The van der Waals surface area contributed by atoms with Crippen LogP contribution in [0.3, 0.4) is 0 Å². The van der Waals surface area contributed by atoms with Crippen LogP contribution in [0.5, 0.6) is 11.5 Å². The molecule has 2 saturated heterocycles. The van der Waals surface area contributed by atoms with Gasteiger partial charge in [-0.1, -0.05) is 6.07 Å². The number of carbonyl (C=O) groups excluding carboxylic acids is 1. The average Bonchev–Trinajstić information content (AvgIpc) is 2.87. The Kier molecular flexibility index (Phi) is 9.55. The fraction of sp³-hybridized carbons (Fsp3) is 0.696. The van der Waals surface area contributed by atoms with Gasteiger partial charge >= 0.3 is 0 Å². The molecule has 2 heterocycles. The Balaban J connectivity index is 1.59. The second kappa shape index (κ2) is 12.4. The second-order valence-electron chi connectivity index (χ2n) is 8.47. The Morgan fingerprint density at radius 2 is 1.94 bits per heavy atom. The van der Waals surface area contributed by atoms with Crippen LogP contribution in [0.25, 0.3) is 0 Å². The lowest BCUT2D eigenvalue weighted by Gasteiger charge is -2.26. The first kappa shape index (κ1) is 24.7. The number of β-amino-alcohol motifs (C(OH)–C–C–N with tert-alkyl or cyclic N) is 2. The van der Waals surface area contributed by atoms with Gasteiger partial charge in [0.25, 0.3) is 0 Å². The molecular weight excluding hydrogens is 414 g/mol. The van der Waals surface area contributed by atoms with E-state index in [0.717, 1.165) is 38.4 Å². The Morgan fingerprint density at radius 1 is 1.16 bits per heavy atom. The number of aliphatic hydroxyl groups excluding tert-OH is 2. The molecule has 0 aliphatic carbocycles. The summed E-state index contributed by atoms with van der Waals surface area (Å²) < 4.78 is 17.2. The van der Waals surface area contributed by atoms with E-state index in [1.807, 2.05) is 30.0 Å². The summed E-state index contributed by atoms with van der Waals surface area (Å²) in [4.78, 5) is 15.7.